The first-order valence-corrected chi connectivity index (χ1v) is 5.80. The number of nitrogens with zero attached hydrogens (tertiary/aromatic N) is 1. The average molecular weight is 282 g/mol. The summed E-state index contributed by atoms with van der Waals surface area (Å²) >= 11 is 3.44. The molecule has 0 saturated carbocycles. The van der Waals surface area contributed by atoms with Crippen LogP contribution < -0.4 is 4.74 Å². The van der Waals surface area contributed by atoms with Crippen LogP contribution in [-0.2, 0) is 0 Å². The zero-order valence-electron chi connectivity index (χ0n) is 9.07. The fraction of sp³-hybridized carbons (Fsp3) is 0.250. The van der Waals surface area contributed by atoms with Crippen LogP contribution >= 0.6 is 15.9 Å². The molecule has 1 heterocycles. The predicted octanol–water partition coefficient (Wildman–Crippen LogP) is 3.49. The van der Waals surface area contributed by atoms with Crippen molar-refractivity contribution in [2.45, 2.75) is 20.0 Å². The zero-order chi connectivity index (χ0) is 11.7. The summed E-state index contributed by atoms with van der Waals surface area (Å²) in [5, 5.41) is 11.3. The van der Waals surface area contributed by atoms with E-state index in [1.54, 1.807) is 6.20 Å². The second-order valence-corrected chi connectivity index (χ2v) is 4.68. The molecule has 0 unspecified atom stereocenters. The molecule has 84 valence electrons. The Balaban J connectivity index is 2.60. The van der Waals surface area contributed by atoms with Crippen LogP contribution in [0.3, 0.4) is 0 Å². The number of aromatic hydroxyl groups is 1. The molecule has 2 rings (SSSR count). The fourth-order valence-corrected chi connectivity index (χ4v) is 1.95. The summed E-state index contributed by atoms with van der Waals surface area (Å²) in [6, 6.07) is 3.70. The van der Waals surface area contributed by atoms with Crippen molar-refractivity contribution in [1.82, 2.24) is 4.98 Å². The van der Waals surface area contributed by atoms with Gasteiger partial charge in [0.25, 0.3) is 0 Å². The third kappa shape index (κ3) is 2.11. The Bertz CT molecular complexity index is 526. The second kappa shape index (κ2) is 4.29. The molecule has 0 saturated heterocycles. The highest BCUT2D eigenvalue weighted by atomic mass is 79.9. The normalized spacial score (nSPS) is 11.0. The molecule has 0 atom stereocenters. The summed E-state index contributed by atoms with van der Waals surface area (Å²) < 4.78 is 6.49. The van der Waals surface area contributed by atoms with E-state index in [9.17, 15) is 5.11 Å². The molecule has 1 aromatic heterocycles. The second-order valence-electron chi connectivity index (χ2n) is 3.83. The molecule has 0 aliphatic carbocycles. The lowest BCUT2D eigenvalue weighted by Gasteiger charge is -2.12. The van der Waals surface area contributed by atoms with Crippen molar-refractivity contribution in [1.29, 1.82) is 0 Å². The number of hydrogen-bond donors (Lipinski definition) is 1. The quantitative estimate of drug-likeness (QED) is 0.916. The number of fused-ring (bicyclic) bond motifs is 1. The zero-order valence-corrected chi connectivity index (χ0v) is 10.7. The van der Waals surface area contributed by atoms with Crippen LogP contribution in [0.2, 0.25) is 0 Å². The van der Waals surface area contributed by atoms with Gasteiger partial charge < -0.3 is 9.84 Å². The Labute approximate surface area is 102 Å². The molecule has 1 N–H and O–H groups in total. The molecule has 2 aromatic rings. The van der Waals surface area contributed by atoms with Gasteiger partial charge in [-0.15, -0.1) is 0 Å². The molecule has 1 aromatic carbocycles. The van der Waals surface area contributed by atoms with E-state index in [1.807, 2.05) is 26.0 Å². The first kappa shape index (κ1) is 11.2. The molecule has 0 bridgehead atoms. The Morgan fingerprint density at radius 1 is 1.31 bits per heavy atom. The third-order valence-electron chi connectivity index (χ3n) is 2.15. The number of hydrogen-bond acceptors (Lipinski definition) is 3. The Morgan fingerprint density at radius 2 is 2.06 bits per heavy atom. The highest BCUT2D eigenvalue weighted by Crippen LogP contribution is 2.34. The van der Waals surface area contributed by atoms with Crippen molar-refractivity contribution in [3.8, 4) is 11.5 Å². The van der Waals surface area contributed by atoms with Crippen molar-refractivity contribution in [3.63, 3.8) is 0 Å². The van der Waals surface area contributed by atoms with Gasteiger partial charge in [-0.3, -0.25) is 4.98 Å². The van der Waals surface area contributed by atoms with Crippen LogP contribution in [0.1, 0.15) is 13.8 Å². The lowest BCUT2D eigenvalue weighted by molar-refractivity contribution is 0.241. The van der Waals surface area contributed by atoms with Crippen LogP contribution in [0.4, 0.5) is 0 Å². The largest absolute Gasteiger partial charge is 0.506 e. The van der Waals surface area contributed by atoms with E-state index in [2.05, 4.69) is 20.9 Å². The van der Waals surface area contributed by atoms with E-state index in [4.69, 9.17) is 4.74 Å². The van der Waals surface area contributed by atoms with Crippen molar-refractivity contribution < 1.29 is 9.84 Å². The lowest BCUT2D eigenvalue weighted by Crippen LogP contribution is -2.05. The van der Waals surface area contributed by atoms with Crippen LogP contribution in [0, 0.1) is 0 Å². The average Bonchev–Trinajstić information content (AvgIpc) is 2.20. The first-order chi connectivity index (χ1) is 7.58. The molecular weight excluding hydrogens is 270 g/mol. The number of rotatable bonds is 2. The summed E-state index contributed by atoms with van der Waals surface area (Å²) in [6.07, 6.45) is 3.23. The van der Waals surface area contributed by atoms with Crippen molar-refractivity contribution >= 4 is 26.7 Å². The molecule has 4 heteroatoms. The summed E-state index contributed by atoms with van der Waals surface area (Å²) in [4.78, 5) is 3.93. The molecule has 0 amide bonds. The van der Waals surface area contributed by atoms with E-state index >= 15 is 0 Å². The van der Waals surface area contributed by atoms with Gasteiger partial charge in [0.05, 0.1) is 16.8 Å². The number of halogens is 1. The van der Waals surface area contributed by atoms with E-state index in [-0.39, 0.29) is 11.9 Å². The summed E-state index contributed by atoms with van der Waals surface area (Å²) in [5.74, 6) is 0.891. The van der Waals surface area contributed by atoms with Crippen LogP contribution in [0.25, 0.3) is 10.8 Å². The van der Waals surface area contributed by atoms with Gasteiger partial charge in [-0.25, -0.2) is 0 Å². The van der Waals surface area contributed by atoms with Crippen LogP contribution in [0.15, 0.2) is 29.0 Å². The molecule has 0 aliphatic heterocycles. The van der Waals surface area contributed by atoms with Crippen LogP contribution in [-0.4, -0.2) is 16.2 Å². The SMILES string of the molecule is CC(C)Oc1cc2c(O)cncc2cc1Br. The van der Waals surface area contributed by atoms with Gasteiger partial charge in [-0.2, -0.15) is 0 Å². The monoisotopic (exact) mass is 281 g/mol. The maximum atomic E-state index is 9.69. The summed E-state index contributed by atoms with van der Waals surface area (Å²) in [7, 11) is 0. The molecule has 16 heavy (non-hydrogen) atoms. The minimum absolute atomic E-state index is 0.0951. The van der Waals surface area contributed by atoms with Gasteiger partial charge in [0.2, 0.25) is 0 Å². The topological polar surface area (TPSA) is 42.4 Å². The first-order valence-electron chi connectivity index (χ1n) is 5.01. The van der Waals surface area contributed by atoms with E-state index in [0.717, 1.165) is 21.0 Å². The Hall–Kier alpha value is -1.29. The van der Waals surface area contributed by atoms with E-state index < -0.39 is 0 Å². The van der Waals surface area contributed by atoms with Crippen molar-refractivity contribution in [2.24, 2.45) is 0 Å². The lowest BCUT2D eigenvalue weighted by atomic mass is 10.1. The maximum Gasteiger partial charge on any atom is 0.141 e. The molecule has 0 spiro atoms. The van der Waals surface area contributed by atoms with E-state index in [0.29, 0.717) is 0 Å². The van der Waals surface area contributed by atoms with Crippen molar-refractivity contribution in [3.05, 3.63) is 29.0 Å². The maximum absolute atomic E-state index is 9.69. The molecule has 0 aliphatic rings. The van der Waals surface area contributed by atoms with E-state index in [1.165, 1.54) is 6.20 Å². The molecule has 0 fully saturated rings. The van der Waals surface area contributed by atoms with Gasteiger partial charge >= 0.3 is 0 Å². The summed E-state index contributed by atoms with van der Waals surface area (Å²) in [5.41, 5.74) is 0. The Kier molecular flexibility index (Phi) is 3.01. The standard InChI is InChI=1S/C12H12BrNO2/c1-7(2)16-12-4-9-8(3-10(12)13)5-14-6-11(9)15/h3-7,15H,1-2H3. The predicted molar refractivity (Wildman–Crippen MR) is 66.9 cm³/mol. The smallest absolute Gasteiger partial charge is 0.141 e. The highest BCUT2D eigenvalue weighted by Gasteiger charge is 2.08. The Morgan fingerprint density at radius 3 is 2.75 bits per heavy atom. The fourth-order valence-electron chi connectivity index (χ4n) is 1.50. The summed E-state index contributed by atoms with van der Waals surface area (Å²) in [6.45, 7) is 3.92. The number of ether oxygens (including phenoxy) is 1. The third-order valence-corrected chi connectivity index (χ3v) is 2.77. The minimum Gasteiger partial charge on any atom is -0.506 e. The van der Waals surface area contributed by atoms with Gasteiger partial charge in [-0.05, 0) is 41.9 Å². The molecule has 0 radical (unpaired) electrons. The highest BCUT2D eigenvalue weighted by molar-refractivity contribution is 9.10. The van der Waals surface area contributed by atoms with Crippen LogP contribution in [0.5, 0.6) is 11.5 Å². The molecule has 3 nitrogen and oxygen atoms in total. The molecular formula is C12H12BrNO2. The minimum atomic E-state index is 0.0951. The van der Waals surface area contributed by atoms with Gasteiger partial charge in [0, 0.05) is 17.0 Å². The van der Waals surface area contributed by atoms with Gasteiger partial charge in [0.15, 0.2) is 0 Å². The number of pyridine rings is 1. The van der Waals surface area contributed by atoms with Crippen molar-refractivity contribution in [2.75, 3.05) is 0 Å². The van der Waals surface area contributed by atoms with Gasteiger partial charge in [0.1, 0.15) is 11.5 Å². The number of aromatic nitrogens is 1. The number of benzene rings is 1. The van der Waals surface area contributed by atoms with Gasteiger partial charge in [-0.1, -0.05) is 0 Å².